The standard InChI is InChI=1S/C41H49F3N8O8/c1-22(57-4)31(49-39(56)59-6)36(53)51-19-7-10-30(51)35-48-32(33(50-35)41(42,43)44)27-17-13-25(14-18-27)24-11-15-26(16-12-24)28-21-46-34(47-28)29-9-8-20-52(29)37(54)40(3,23(2)58-5)60-38(45)55/h11-18,21-23,29-31H,7-10,19-20H2,1-6H3,(H2,45,55)(H,46,47)(H,48,50)(H,49,56)/t22-,23-,29+,30+,31+,40+/m1/s1. The second-order valence-corrected chi connectivity index (χ2v) is 15.0. The van der Waals surface area contributed by atoms with Gasteiger partial charge in [-0.2, -0.15) is 13.2 Å². The first-order valence-electron chi connectivity index (χ1n) is 19.4. The normalized spacial score (nSPS) is 19.4. The lowest BCUT2D eigenvalue weighted by atomic mass is 9.97. The minimum Gasteiger partial charge on any atom is -0.453 e. The molecule has 2 fully saturated rings. The van der Waals surface area contributed by atoms with Crippen LogP contribution < -0.4 is 11.1 Å². The molecule has 2 aromatic heterocycles. The topological polar surface area (TPSA) is 207 Å². The summed E-state index contributed by atoms with van der Waals surface area (Å²) in [5.74, 6) is -0.433. The van der Waals surface area contributed by atoms with Crippen LogP contribution in [0.5, 0.6) is 0 Å². The molecule has 4 amide bonds. The van der Waals surface area contributed by atoms with Crippen molar-refractivity contribution in [2.45, 2.75) is 88.6 Å². The van der Waals surface area contributed by atoms with Gasteiger partial charge < -0.3 is 49.8 Å². The number of nitrogens with zero attached hydrogens (tertiary/aromatic N) is 4. The van der Waals surface area contributed by atoms with Crippen LogP contribution in [0.2, 0.25) is 0 Å². The van der Waals surface area contributed by atoms with Gasteiger partial charge in [-0.1, -0.05) is 48.5 Å². The van der Waals surface area contributed by atoms with E-state index in [9.17, 15) is 32.3 Å². The van der Waals surface area contributed by atoms with Crippen molar-refractivity contribution >= 4 is 24.0 Å². The number of imidazole rings is 2. The number of carbonyl (C=O) groups excluding carboxylic acids is 4. The largest absolute Gasteiger partial charge is 0.453 e. The first kappa shape index (κ1) is 43.6. The van der Waals surface area contributed by atoms with Crippen LogP contribution in [-0.4, -0.2) is 112 Å². The molecule has 322 valence electrons. The Balaban J connectivity index is 1.19. The number of halogens is 3. The Morgan fingerprint density at radius 3 is 1.95 bits per heavy atom. The molecule has 60 heavy (non-hydrogen) atoms. The molecule has 0 spiro atoms. The monoisotopic (exact) mass is 838 g/mol. The van der Waals surface area contributed by atoms with Gasteiger partial charge in [-0.15, -0.1) is 0 Å². The number of nitrogens with two attached hydrogens (primary N) is 1. The van der Waals surface area contributed by atoms with Crippen LogP contribution in [0.1, 0.15) is 75.9 Å². The first-order valence-corrected chi connectivity index (χ1v) is 19.4. The molecule has 0 saturated carbocycles. The summed E-state index contributed by atoms with van der Waals surface area (Å²) in [5, 5.41) is 2.47. The molecule has 5 N–H and O–H groups in total. The maximum atomic E-state index is 14.5. The van der Waals surface area contributed by atoms with Gasteiger partial charge in [0, 0.05) is 32.9 Å². The number of likely N-dealkylation sites (tertiary alicyclic amines) is 2. The molecule has 6 atom stereocenters. The molecule has 0 unspecified atom stereocenters. The average molecular weight is 839 g/mol. The average Bonchev–Trinajstić information content (AvgIpc) is 4.07. The number of benzene rings is 2. The summed E-state index contributed by atoms with van der Waals surface area (Å²) in [6.07, 6.45) is -4.35. The fraction of sp³-hybridized carbons (Fsp3) is 0.463. The van der Waals surface area contributed by atoms with E-state index in [-0.39, 0.29) is 23.6 Å². The van der Waals surface area contributed by atoms with Gasteiger partial charge in [0.15, 0.2) is 0 Å². The maximum absolute atomic E-state index is 14.5. The molecule has 4 heterocycles. The number of hydrogen-bond acceptors (Lipinski definition) is 10. The van der Waals surface area contributed by atoms with Gasteiger partial charge >= 0.3 is 18.4 Å². The van der Waals surface area contributed by atoms with E-state index < -0.39 is 71.8 Å². The van der Waals surface area contributed by atoms with E-state index in [1.807, 2.05) is 24.3 Å². The smallest absolute Gasteiger partial charge is 0.433 e. The molecule has 0 radical (unpaired) electrons. The van der Waals surface area contributed by atoms with Crippen molar-refractivity contribution in [3.8, 4) is 33.6 Å². The maximum Gasteiger partial charge on any atom is 0.433 e. The van der Waals surface area contributed by atoms with Gasteiger partial charge in [0.1, 0.15) is 35.2 Å². The number of methoxy groups -OCH3 is 3. The summed E-state index contributed by atoms with van der Waals surface area (Å²) >= 11 is 0. The second-order valence-electron chi connectivity index (χ2n) is 15.0. The SMILES string of the molecule is COC(=O)N[C@H](C(=O)N1CCC[C@H]1c1nc(-c2ccc(-c3ccc(-c4cnc([C@@H]5CCCN5C(=O)[C@@](C)(OC(N)=O)[C@@H](C)OC)[nH]4)cc3)cc2)c(C(F)(F)F)[nH]1)[C@@H](C)OC. The third-order valence-electron chi connectivity index (χ3n) is 11.4. The minimum absolute atomic E-state index is 0.0183. The van der Waals surface area contributed by atoms with Gasteiger partial charge in [-0.3, -0.25) is 9.59 Å². The Kier molecular flexibility index (Phi) is 12.9. The van der Waals surface area contributed by atoms with E-state index in [0.29, 0.717) is 43.7 Å². The number of H-pyrrole nitrogens is 2. The van der Waals surface area contributed by atoms with E-state index in [4.69, 9.17) is 19.9 Å². The summed E-state index contributed by atoms with van der Waals surface area (Å²) in [6, 6.07) is 11.7. The van der Waals surface area contributed by atoms with Crippen LogP contribution >= 0.6 is 0 Å². The molecule has 2 saturated heterocycles. The summed E-state index contributed by atoms with van der Waals surface area (Å²) < 4.78 is 64.0. The second kappa shape index (κ2) is 17.7. The fourth-order valence-electron chi connectivity index (χ4n) is 7.79. The van der Waals surface area contributed by atoms with Crippen molar-refractivity contribution < 1.29 is 51.3 Å². The van der Waals surface area contributed by atoms with Crippen molar-refractivity contribution in [2.24, 2.45) is 5.73 Å². The number of amides is 4. The number of alkyl halides is 3. The fourth-order valence-corrected chi connectivity index (χ4v) is 7.79. The molecule has 2 aliphatic rings. The summed E-state index contributed by atoms with van der Waals surface area (Å²) in [6.45, 7) is 5.36. The van der Waals surface area contributed by atoms with Crippen LogP contribution in [0.25, 0.3) is 33.6 Å². The van der Waals surface area contributed by atoms with E-state index in [1.54, 1.807) is 49.2 Å². The predicted octanol–water partition coefficient (Wildman–Crippen LogP) is 6.13. The van der Waals surface area contributed by atoms with Crippen LogP contribution in [0, 0.1) is 0 Å². The zero-order chi connectivity index (χ0) is 43.5. The quantitative estimate of drug-likeness (QED) is 0.121. The lowest BCUT2D eigenvalue weighted by molar-refractivity contribution is -0.163. The van der Waals surface area contributed by atoms with Gasteiger partial charge in [0.2, 0.25) is 11.5 Å². The van der Waals surface area contributed by atoms with Crippen molar-refractivity contribution in [2.75, 3.05) is 34.4 Å². The van der Waals surface area contributed by atoms with Crippen LogP contribution in [0.15, 0.2) is 54.7 Å². The van der Waals surface area contributed by atoms with Crippen molar-refractivity contribution in [3.63, 3.8) is 0 Å². The molecule has 6 rings (SSSR count). The van der Waals surface area contributed by atoms with E-state index in [0.717, 1.165) is 23.8 Å². The van der Waals surface area contributed by atoms with Crippen LogP contribution in [0.4, 0.5) is 22.8 Å². The van der Waals surface area contributed by atoms with Crippen molar-refractivity contribution in [3.05, 3.63) is 72.1 Å². The summed E-state index contributed by atoms with van der Waals surface area (Å²) in [5.41, 5.74) is 5.61. The highest BCUT2D eigenvalue weighted by atomic mass is 19.4. The Morgan fingerprint density at radius 2 is 1.40 bits per heavy atom. The van der Waals surface area contributed by atoms with Crippen LogP contribution in [0.3, 0.4) is 0 Å². The van der Waals surface area contributed by atoms with Gasteiger partial charge in [0.25, 0.3) is 5.91 Å². The number of alkyl carbamates (subject to hydrolysis) is 1. The highest BCUT2D eigenvalue weighted by Gasteiger charge is 2.49. The zero-order valence-electron chi connectivity index (χ0n) is 34.1. The number of rotatable bonds is 13. The molecule has 2 aliphatic heterocycles. The van der Waals surface area contributed by atoms with Gasteiger partial charge in [-0.05, 0) is 63.1 Å². The number of hydrogen-bond donors (Lipinski definition) is 4. The molecular weight excluding hydrogens is 789 g/mol. The van der Waals surface area contributed by atoms with Gasteiger partial charge in [0.05, 0.1) is 37.2 Å². The lowest BCUT2D eigenvalue weighted by Gasteiger charge is -2.37. The number of aromatic nitrogens is 4. The number of primary amides is 1. The highest BCUT2D eigenvalue weighted by Crippen LogP contribution is 2.40. The summed E-state index contributed by atoms with van der Waals surface area (Å²) in [7, 11) is 3.95. The Hall–Kier alpha value is -5.95. The number of carbonyl (C=O) groups is 4. The Labute approximate surface area is 344 Å². The molecular formula is C41H49F3N8O8. The molecule has 16 nitrogen and oxygen atoms in total. The van der Waals surface area contributed by atoms with Gasteiger partial charge in [-0.25, -0.2) is 19.6 Å². The van der Waals surface area contributed by atoms with E-state index in [1.165, 1.54) is 26.0 Å². The van der Waals surface area contributed by atoms with Crippen molar-refractivity contribution in [1.29, 1.82) is 0 Å². The van der Waals surface area contributed by atoms with E-state index in [2.05, 4.69) is 30.0 Å². The molecule has 2 aromatic carbocycles. The lowest BCUT2D eigenvalue weighted by Crippen LogP contribution is -2.56. The highest BCUT2D eigenvalue weighted by molar-refractivity contribution is 5.89. The Morgan fingerprint density at radius 1 is 0.833 bits per heavy atom. The van der Waals surface area contributed by atoms with E-state index >= 15 is 0 Å². The third-order valence-corrected chi connectivity index (χ3v) is 11.4. The third kappa shape index (κ3) is 8.81. The number of ether oxygens (including phenoxy) is 4. The first-order chi connectivity index (χ1) is 28.5. The molecule has 0 aliphatic carbocycles. The van der Waals surface area contributed by atoms with Crippen molar-refractivity contribution in [1.82, 2.24) is 35.1 Å². The van der Waals surface area contributed by atoms with Crippen LogP contribution in [-0.2, 0) is 34.7 Å². The number of aromatic amines is 2. The molecule has 19 heteroatoms. The molecule has 4 aromatic rings. The predicted molar refractivity (Wildman–Crippen MR) is 211 cm³/mol. The summed E-state index contributed by atoms with van der Waals surface area (Å²) in [4.78, 5) is 69.0. The number of nitrogens with one attached hydrogen (secondary N) is 3. The minimum atomic E-state index is -4.78. The Bertz CT molecular complexity index is 2180. The zero-order valence-corrected chi connectivity index (χ0v) is 34.1. The molecule has 0 bridgehead atoms.